The monoisotopic (exact) mass is 251 g/mol. The van der Waals surface area contributed by atoms with Gasteiger partial charge in [-0.05, 0) is 20.3 Å². The number of aryl methyl sites for hydroxylation is 1. The molecule has 1 aromatic rings. The predicted octanol–water partition coefficient (Wildman–Crippen LogP) is 1.01. The summed E-state index contributed by atoms with van der Waals surface area (Å²) in [6.07, 6.45) is 1.89. The maximum absolute atomic E-state index is 11.7. The minimum atomic E-state index is -3.45. The Hall–Kier alpha value is -0.590. The van der Waals surface area contributed by atoms with Gasteiger partial charge in [-0.3, -0.25) is 5.10 Å². The summed E-state index contributed by atoms with van der Waals surface area (Å²) in [4.78, 5) is 0.185. The highest BCUT2D eigenvalue weighted by Crippen LogP contribution is 2.10. The van der Waals surface area contributed by atoms with Gasteiger partial charge in [-0.15, -0.1) is 11.6 Å². The maximum atomic E-state index is 11.7. The van der Waals surface area contributed by atoms with Gasteiger partial charge in [0.1, 0.15) is 4.90 Å². The zero-order valence-electron chi connectivity index (χ0n) is 8.62. The summed E-state index contributed by atoms with van der Waals surface area (Å²) in [5.74, 6) is 0. The number of rotatable bonds is 5. The smallest absolute Gasteiger partial charge is 0.243 e. The van der Waals surface area contributed by atoms with Crippen LogP contribution in [0.25, 0.3) is 0 Å². The summed E-state index contributed by atoms with van der Waals surface area (Å²) in [5, 5.41) is 6.20. The molecule has 2 N–H and O–H groups in total. The van der Waals surface area contributed by atoms with Crippen molar-refractivity contribution in [2.45, 2.75) is 30.5 Å². The molecule has 1 rings (SSSR count). The van der Waals surface area contributed by atoms with Crippen LogP contribution in [-0.4, -0.2) is 30.5 Å². The third-order valence-electron chi connectivity index (χ3n) is 1.91. The highest BCUT2D eigenvalue weighted by molar-refractivity contribution is 7.89. The molecule has 0 saturated carbocycles. The fraction of sp³-hybridized carbons (Fsp3) is 0.625. The van der Waals surface area contributed by atoms with E-state index < -0.39 is 10.0 Å². The number of alkyl halides is 1. The molecule has 15 heavy (non-hydrogen) atoms. The second kappa shape index (κ2) is 4.96. The van der Waals surface area contributed by atoms with E-state index in [1.165, 1.54) is 6.20 Å². The molecule has 0 aliphatic heterocycles. The highest BCUT2D eigenvalue weighted by Gasteiger charge is 2.17. The van der Waals surface area contributed by atoms with Crippen LogP contribution in [0.3, 0.4) is 0 Å². The fourth-order valence-corrected chi connectivity index (χ4v) is 2.37. The topological polar surface area (TPSA) is 74.8 Å². The predicted molar refractivity (Wildman–Crippen MR) is 58.4 cm³/mol. The Morgan fingerprint density at radius 1 is 1.67 bits per heavy atom. The lowest BCUT2D eigenvalue weighted by atomic mass is 10.3. The van der Waals surface area contributed by atoms with E-state index in [0.717, 1.165) is 0 Å². The lowest BCUT2D eigenvalue weighted by molar-refractivity contribution is 0.578. The van der Waals surface area contributed by atoms with E-state index in [-0.39, 0.29) is 10.3 Å². The average molecular weight is 252 g/mol. The number of halogens is 1. The molecule has 0 aromatic carbocycles. The number of nitrogens with zero attached hydrogens (tertiary/aromatic N) is 1. The average Bonchev–Trinajstić information content (AvgIpc) is 2.50. The molecule has 0 saturated heterocycles. The minimum Gasteiger partial charge on any atom is -0.281 e. The van der Waals surface area contributed by atoms with Gasteiger partial charge in [0.2, 0.25) is 10.0 Å². The first-order valence-corrected chi connectivity index (χ1v) is 6.49. The van der Waals surface area contributed by atoms with Gasteiger partial charge in [-0.1, -0.05) is 0 Å². The third kappa shape index (κ3) is 3.48. The van der Waals surface area contributed by atoms with E-state index in [4.69, 9.17) is 11.6 Å². The summed E-state index contributed by atoms with van der Waals surface area (Å²) in [5.41, 5.74) is 0.529. The Morgan fingerprint density at radius 2 is 2.33 bits per heavy atom. The van der Waals surface area contributed by atoms with Crippen LogP contribution in [-0.2, 0) is 10.0 Å². The van der Waals surface area contributed by atoms with Crippen molar-refractivity contribution < 1.29 is 8.42 Å². The van der Waals surface area contributed by atoms with Crippen molar-refractivity contribution in [3.63, 3.8) is 0 Å². The van der Waals surface area contributed by atoms with Gasteiger partial charge in [-0.2, -0.15) is 5.10 Å². The Balaban J connectivity index is 2.65. The molecule has 0 fully saturated rings. The first-order valence-electron chi connectivity index (χ1n) is 4.57. The van der Waals surface area contributed by atoms with Gasteiger partial charge in [0, 0.05) is 11.9 Å². The number of aromatic nitrogens is 2. The van der Waals surface area contributed by atoms with Gasteiger partial charge >= 0.3 is 0 Å². The molecular weight excluding hydrogens is 238 g/mol. The van der Waals surface area contributed by atoms with E-state index in [2.05, 4.69) is 14.9 Å². The number of aromatic amines is 1. The van der Waals surface area contributed by atoms with Crippen LogP contribution in [0.5, 0.6) is 0 Å². The standard InChI is InChI=1S/C8H14ClN3O2S/c1-6(9)3-4-11-15(13,14)8-5-10-12-7(8)2/h5-6,11H,3-4H2,1-2H3,(H,10,12). The van der Waals surface area contributed by atoms with E-state index in [9.17, 15) is 8.42 Å². The number of H-pyrrole nitrogens is 1. The van der Waals surface area contributed by atoms with Crippen LogP contribution >= 0.6 is 11.6 Å². The van der Waals surface area contributed by atoms with Gasteiger partial charge < -0.3 is 0 Å². The summed E-state index contributed by atoms with van der Waals surface area (Å²) >= 11 is 5.71. The lowest BCUT2D eigenvalue weighted by Crippen LogP contribution is -2.26. The maximum Gasteiger partial charge on any atom is 0.243 e. The molecular formula is C8H14ClN3O2S. The van der Waals surface area contributed by atoms with E-state index in [0.29, 0.717) is 18.7 Å². The second-order valence-electron chi connectivity index (χ2n) is 3.33. The van der Waals surface area contributed by atoms with Crippen molar-refractivity contribution in [2.75, 3.05) is 6.54 Å². The van der Waals surface area contributed by atoms with Crippen LogP contribution in [0.4, 0.5) is 0 Å². The van der Waals surface area contributed by atoms with Gasteiger partial charge in [-0.25, -0.2) is 13.1 Å². The largest absolute Gasteiger partial charge is 0.281 e. The normalized spacial score (nSPS) is 14.1. The van der Waals surface area contributed by atoms with Crippen molar-refractivity contribution in [1.82, 2.24) is 14.9 Å². The molecule has 86 valence electrons. The minimum absolute atomic E-state index is 0.0434. The van der Waals surface area contributed by atoms with Crippen molar-refractivity contribution in [1.29, 1.82) is 0 Å². The molecule has 0 spiro atoms. The first-order chi connectivity index (χ1) is 6.93. The van der Waals surface area contributed by atoms with Gasteiger partial charge in [0.15, 0.2) is 0 Å². The molecule has 1 unspecified atom stereocenters. The number of nitrogens with one attached hydrogen (secondary N) is 2. The van der Waals surface area contributed by atoms with E-state index in [1.54, 1.807) is 6.92 Å². The van der Waals surface area contributed by atoms with Crippen molar-refractivity contribution in [3.05, 3.63) is 11.9 Å². The molecule has 1 atom stereocenters. The molecule has 0 amide bonds. The van der Waals surface area contributed by atoms with Crippen LogP contribution in [0, 0.1) is 6.92 Å². The molecule has 0 aliphatic rings. The summed E-state index contributed by atoms with van der Waals surface area (Å²) < 4.78 is 25.8. The van der Waals surface area contributed by atoms with Crippen LogP contribution in [0.2, 0.25) is 0 Å². The Labute approximate surface area is 94.3 Å². The fourth-order valence-electron chi connectivity index (χ4n) is 1.08. The van der Waals surface area contributed by atoms with Crippen molar-refractivity contribution >= 4 is 21.6 Å². The number of hydrogen-bond donors (Lipinski definition) is 2. The molecule has 0 bridgehead atoms. The molecule has 1 aromatic heterocycles. The molecule has 0 radical (unpaired) electrons. The van der Waals surface area contributed by atoms with E-state index >= 15 is 0 Å². The third-order valence-corrected chi connectivity index (χ3v) is 3.70. The first kappa shape index (κ1) is 12.5. The SMILES string of the molecule is Cc1[nH]ncc1S(=O)(=O)NCCC(C)Cl. The van der Waals surface area contributed by atoms with Gasteiger partial charge in [0.05, 0.1) is 11.9 Å². The van der Waals surface area contributed by atoms with Crippen molar-refractivity contribution in [3.8, 4) is 0 Å². The number of sulfonamides is 1. The summed E-state index contributed by atoms with van der Waals surface area (Å²) in [6.45, 7) is 3.81. The van der Waals surface area contributed by atoms with Crippen LogP contribution in [0.1, 0.15) is 19.0 Å². The molecule has 5 nitrogen and oxygen atoms in total. The number of hydrogen-bond acceptors (Lipinski definition) is 3. The zero-order valence-corrected chi connectivity index (χ0v) is 10.2. The van der Waals surface area contributed by atoms with Crippen molar-refractivity contribution in [2.24, 2.45) is 0 Å². The molecule has 1 heterocycles. The highest BCUT2D eigenvalue weighted by atomic mass is 35.5. The molecule has 0 aliphatic carbocycles. The summed E-state index contributed by atoms with van der Waals surface area (Å²) in [6, 6.07) is 0. The van der Waals surface area contributed by atoms with Crippen LogP contribution < -0.4 is 4.72 Å². The van der Waals surface area contributed by atoms with Gasteiger partial charge in [0.25, 0.3) is 0 Å². The van der Waals surface area contributed by atoms with E-state index in [1.807, 2.05) is 6.92 Å². The quantitative estimate of drug-likeness (QED) is 0.767. The Kier molecular flexibility index (Phi) is 4.12. The second-order valence-corrected chi connectivity index (χ2v) is 5.81. The zero-order chi connectivity index (χ0) is 11.5. The summed E-state index contributed by atoms with van der Waals surface area (Å²) in [7, 11) is -3.45. The Bertz CT molecular complexity index is 413. The van der Waals surface area contributed by atoms with Crippen LogP contribution in [0.15, 0.2) is 11.1 Å². The Morgan fingerprint density at radius 3 is 2.80 bits per heavy atom. The molecule has 7 heteroatoms. The lowest BCUT2D eigenvalue weighted by Gasteiger charge is -2.06.